The smallest absolute Gasteiger partial charge is 0.248 e. The molecule has 5 rings (SSSR count). The summed E-state index contributed by atoms with van der Waals surface area (Å²) in [6.07, 6.45) is 13.6. The molecule has 1 amide bonds. The second-order valence-corrected chi connectivity index (χ2v) is 8.27. The van der Waals surface area contributed by atoms with Gasteiger partial charge in [0.05, 0.1) is 12.3 Å². The SMILES string of the molecule is COCC(=O)N1CCN(c2ccnc(NC3=CN4C=C(c5ccncc5)C=CC(=N3)C4)c2)CC1. The first kappa shape index (κ1) is 21.8. The van der Waals surface area contributed by atoms with Crippen LogP contribution in [0, 0.1) is 0 Å². The lowest BCUT2D eigenvalue weighted by Crippen LogP contribution is -2.49. The average molecular weight is 458 g/mol. The highest BCUT2D eigenvalue weighted by molar-refractivity contribution is 6.01. The van der Waals surface area contributed by atoms with E-state index in [0.29, 0.717) is 13.1 Å². The van der Waals surface area contributed by atoms with Crippen LogP contribution in [-0.4, -0.2) is 77.8 Å². The van der Waals surface area contributed by atoms with Gasteiger partial charge >= 0.3 is 0 Å². The zero-order valence-corrected chi connectivity index (χ0v) is 19.1. The predicted octanol–water partition coefficient (Wildman–Crippen LogP) is 2.35. The Bertz CT molecular complexity index is 1160. The molecule has 2 aromatic heterocycles. The molecule has 5 heterocycles. The number of hydrogen-bond acceptors (Lipinski definition) is 8. The maximum Gasteiger partial charge on any atom is 0.248 e. The van der Waals surface area contributed by atoms with Crippen LogP contribution in [0.25, 0.3) is 5.57 Å². The lowest BCUT2D eigenvalue weighted by Gasteiger charge is -2.36. The van der Waals surface area contributed by atoms with Gasteiger partial charge in [-0.1, -0.05) is 6.08 Å². The normalized spacial score (nSPS) is 17.6. The zero-order valence-electron chi connectivity index (χ0n) is 19.1. The molecule has 174 valence electrons. The lowest BCUT2D eigenvalue weighted by molar-refractivity contribution is -0.135. The Morgan fingerprint density at radius 1 is 1.06 bits per heavy atom. The first-order valence-electron chi connectivity index (χ1n) is 11.3. The van der Waals surface area contributed by atoms with Crippen molar-refractivity contribution in [2.24, 2.45) is 4.99 Å². The Morgan fingerprint density at radius 3 is 2.68 bits per heavy atom. The van der Waals surface area contributed by atoms with Gasteiger partial charge in [-0.2, -0.15) is 0 Å². The summed E-state index contributed by atoms with van der Waals surface area (Å²) >= 11 is 0. The molecule has 1 fully saturated rings. The first-order chi connectivity index (χ1) is 16.7. The standard InChI is InChI=1S/C25H27N7O2/c1-34-18-25(33)32-12-10-31(11-13-32)22-6-9-27-23(14-22)29-24-17-30-15-20(2-3-21(16-30)28-24)19-4-7-26-8-5-19/h2-9,14-15,17H,10-13,16,18H2,1H3,(H,27,29). The molecule has 0 aromatic carbocycles. The van der Waals surface area contributed by atoms with E-state index in [2.05, 4.69) is 43.4 Å². The van der Waals surface area contributed by atoms with Crippen molar-refractivity contribution in [3.8, 4) is 0 Å². The molecule has 0 atom stereocenters. The van der Waals surface area contributed by atoms with Crippen molar-refractivity contribution < 1.29 is 9.53 Å². The quantitative estimate of drug-likeness (QED) is 0.713. The van der Waals surface area contributed by atoms with E-state index in [0.717, 1.165) is 53.8 Å². The molecule has 3 aliphatic heterocycles. The van der Waals surface area contributed by atoms with Gasteiger partial charge in [0, 0.05) is 76.0 Å². The van der Waals surface area contributed by atoms with Crippen molar-refractivity contribution in [1.82, 2.24) is 19.8 Å². The Labute approximate surface area is 198 Å². The first-order valence-corrected chi connectivity index (χ1v) is 11.3. The highest BCUT2D eigenvalue weighted by Gasteiger charge is 2.21. The molecule has 2 aromatic rings. The number of carbonyl (C=O) groups is 1. The zero-order chi connectivity index (χ0) is 23.3. The van der Waals surface area contributed by atoms with E-state index in [1.54, 1.807) is 25.7 Å². The number of hydrogen-bond donors (Lipinski definition) is 1. The molecule has 0 unspecified atom stereocenters. The number of rotatable bonds is 6. The number of carbonyl (C=O) groups excluding carboxylic acids is 1. The fraction of sp³-hybridized carbons (Fsp3) is 0.280. The minimum Gasteiger partial charge on any atom is -0.375 e. The van der Waals surface area contributed by atoms with E-state index in [1.807, 2.05) is 35.4 Å². The van der Waals surface area contributed by atoms with Crippen LogP contribution in [0.2, 0.25) is 0 Å². The molecule has 9 nitrogen and oxygen atoms in total. The van der Waals surface area contributed by atoms with Crippen LogP contribution in [0.4, 0.5) is 11.5 Å². The third-order valence-corrected chi connectivity index (χ3v) is 5.94. The van der Waals surface area contributed by atoms with Gasteiger partial charge in [-0.05, 0) is 35.4 Å². The molecule has 0 radical (unpaired) electrons. The summed E-state index contributed by atoms with van der Waals surface area (Å²) in [5.41, 5.74) is 4.25. The number of pyridine rings is 2. The maximum atomic E-state index is 12.1. The Balaban J connectivity index is 1.27. The summed E-state index contributed by atoms with van der Waals surface area (Å²) in [4.78, 5) is 31.6. The van der Waals surface area contributed by atoms with Crippen LogP contribution in [-0.2, 0) is 9.53 Å². The number of nitrogens with zero attached hydrogens (tertiary/aromatic N) is 6. The van der Waals surface area contributed by atoms with Crippen molar-refractivity contribution in [3.05, 3.63) is 78.8 Å². The summed E-state index contributed by atoms with van der Waals surface area (Å²) in [5, 5.41) is 3.36. The van der Waals surface area contributed by atoms with Gasteiger partial charge in [0.15, 0.2) is 0 Å². The lowest BCUT2D eigenvalue weighted by atomic mass is 10.1. The summed E-state index contributed by atoms with van der Waals surface area (Å²) < 4.78 is 4.97. The third kappa shape index (κ3) is 4.99. The summed E-state index contributed by atoms with van der Waals surface area (Å²) in [6, 6.07) is 8.02. The highest BCUT2D eigenvalue weighted by Crippen LogP contribution is 2.24. The van der Waals surface area contributed by atoms with Crippen molar-refractivity contribution >= 4 is 28.7 Å². The second kappa shape index (κ2) is 9.88. The summed E-state index contributed by atoms with van der Waals surface area (Å²) in [6.45, 7) is 3.75. The fourth-order valence-corrected chi connectivity index (χ4v) is 4.21. The molecule has 3 aliphatic rings. The number of amides is 1. The summed E-state index contributed by atoms with van der Waals surface area (Å²) in [7, 11) is 1.55. The van der Waals surface area contributed by atoms with E-state index in [4.69, 9.17) is 9.73 Å². The molecule has 2 bridgehead atoms. The minimum absolute atomic E-state index is 0.0363. The van der Waals surface area contributed by atoms with E-state index in [1.165, 1.54) is 0 Å². The number of fused-ring (bicyclic) bond motifs is 2. The molecule has 9 heteroatoms. The van der Waals surface area contributed by atoms with Gasteiger partial charge in [0.25, 0.3) is 0 Å². The number of aromatic nitrogens is 2. The number of aliphatic imine (C=N–C) groups is 1. The molecular formula is C25H27N7O2. The van der Waals surface area contributed by atoms with Crippen LogP contribution in [0.3, 0.4) is 0 Å². The van der Waals surface area contributed by atoms with Crippen LogP contribution in [0.1, 0.15) is 5.56 Å². The van der Waals surface area contributed by atoms with E-state index >= 15 is 0 Å². The predicted molar refractivity (Wildman–Crippen MR) is 132 cm³/mol. The number of piperazine rings is 1. The van der Waals surface area contributed by atoms with E-state index in [9.17, 15) is 4.79 Å². The van der Waals surface area contributed by atoms with E-state index in [-0.39, 0.29) is 12.5 Å². The minimum atomic E-state index is 0.0363. The van der Waals surface area contributed by atoms with Crippen molar-refractivity contribution in [2.75, 3.05) is 56.7 Å². The van der Waals surface area contributed by atoms with Crippen molar-refractivity contribution in [3.63, 3.8) is 0 Å². The fourth-order valence-electron chi connectivity index (χ4n) is 4.21. The number of anilines is 2. The second-order valence-electron chi connectivity index (χ2n) is 8.27. The molecule has 0 spiro atoms. The molecule has 1 saturated heterocycles. The van der Waals surface area contributed by atoms with Crippen LogP contribution < -0.4 is 10.2 Å². The van der Waals surface area contributed by atoms with Gasteiger partial charge < -0.3 is 24.8 Å². The largest absolute Gasteiger partial charge is 0.375 e. The maximum absolute atomic E-state index is 12.1. The molecular weight excluding hydrogens is 430 g/mol. The van der Waals surface area contributed by atoms with Crippen LogP contribution >= 0.6 is 0 Å². The monoisotopic (exact) mass is 457 g/mol. The van der Waals surface area contributed by atoms with Gasteiger partial charge in [-0.3, -0.25) is 9.78 Å². The van der Waals surface area contributed by atoms with Gasteiger partial charge in [-0.15, -0.1) is 0 Å². The Morgan fingerprint density at radius 2 is 1.88 bits per heavy atom. The summed E-state index contributed by atoms with van der Waals surface area (Å²) in [5.74, 6) is 1.50. The van der Waals surface area contributed by atoms with Crippen molar-refractivity contribution in [1.29, 1.82) is 0 Å². The molecule has 0 saturated carbocycles. The van der Waals surface area contributed by atoms with Gasteiger partial charge in [0.2, 0.25) is 5.91 Å². The molecule has 34 heavy (non-hydrogen) atoms. The topological polar surface area (TPSA) is 86.2 Å². The number of methoxy groups -OCH3 is 1. The third-order valence-electron chi connectivity index (χ3n) is 5.94. The van der Waals surface area contributed by atoms with Gasteiger partial charge in [0.1, 0.15) is 18.2 Å². The van der Waals surface area contributed by atoms with Crippen molar-refractivity contribution in [2.45, 2.75) is 0 Å². The number of nitrogens with one attached hydrogen (secondary N) is 1. The Hall–Kier alpha value is -3.98. The van der Waals surface area contributed by atoms with Crippen LogP contribution in [0.5, 0.6) is 0 Å². The van der Waals surface area contributed by atoms with Crippen LogP contribution in [0.15, 0.2) is 78.2 Å². The molecule has 0 aliphatic carbocycles. The van der Waals surface area contributed by atoms with E-state index < -0.39 is 0 Å². The number of allylic oxidation sites excluding steroid dienone is 2. The number of ether oxygens (including phenoxy) is 1. The van der Waals surface area contributed by atoms with Gasteiger partial charge in [-0.25, -0.2) is 9.98 Å². The Kier molecular flexibility index (Phi) is 6.35. The highest BCUT2D eigenvalue weighted by atomic mass is 16.5. The average Bonchev–Trinajstić information content (AvgIpc) is 3.02. The molecule has 1 N–H and O–H groups in total.